The SMILES string of the molecule is Clc1ccc(-c2cnc(-c3cccnc3)nc2NC2CCCC2)cc1. The second-order valence-corrected chi connectivity index (χ2v) is 6.77. The Balaban J connectivity index is 1.75. The molecule has 0 saturated heterocycles. The molecule has 1 fully saturated rings. The molecule has 4 rings (SSSR count). The van der Waals surface area contributed by atoms with Gasteiger partial charge in [0.1, 0.15) is 5.82 Å². The number of aromatic nitrogens is 3. The molecule has 0 spiro atoms. The number of nitrogens with zero attached hydrogens (tertiary/aromatic N) is 3. The average Bonchev–Trinajstić information content (AvgIpc) is 3.16. The van der Waals surface area contributed by atoms with Crippen LogP contribution in [0.2, 0.25) is 5.02 Å². The molecule has 4 nitrogen and oxygen atoms in total. The Morgan fingerprint density at radius 2 is 1.76 bits per heavy atom. The minimum atomic E-state index is 0.475. The summed E-state index contributed by atoms with van der Waals surface area (Å²) in [6.45, 7) is 0. The first kappa shape index (κ1) is 16.0. The molecule has 0 radical (unpaired) electrons. The van der Waals surface area contributed by atoms with Crippen molar-refractivity contribution in [3.8, 4) is 22.5 Å². The molecule has 0 amide bonds. The maximum Gasteiger partial charge on any atom is 0.163 e. The van der Waals surface area contributed by atoms with E-state index in [2.05, 4.69) is 15.3 Å². The molecule has 0 bridgehead atoms. The average molecular weight is 351 g/mol. The Labute approximate surface area is 152 Å². The van der Waals surface area contributed by atoms with Crippen LogP contribution < -0.4 is 5.32 Å². The fourth-order valence-electron chi connectivity index (χ4n) is 3.23. The van der Waals surface area contributed by atoms with E-state index in [1.54, 1.807) is 12.4 Å². The molecule has 1 aromatic carbocycles. The van der Waals surface area contributed by atoms with Crippen LogP contribution in [-0.2, 0) is 0 Å². The fourth-order valence-corrected chi connectivity index (χ4v) is 3.36. The number of benzene rings is 1. The van der Waals surface area contributed by atoms with Gasteiger partial charge in [-0.15, -0.1) is 0 Å². The molecule has 2 aromatic heterocycles. The van der Waals surface area contributed by atoms with Crippen molar-refractivity contribution in [1.29, 1.82) is 0 Å². The maximum absolute atomic E-state index is 6.03. The van der Waals surface area contributed by atoms with Gasteiger partial charge in [0.05, 0.1) is 0 Å². The van der Waals surface area contributed by atoms with Crippen LogP contribution in [0.1, 0.15) is 25.7 Å². The van der Waals surface area contributed by atoms with Crippen molar-refractivity contribution < 1.29 is 0 Å². The third kappa shape index (κ3) is 3.64. The van der Waals surface area contributed by atoms with Gasteiger partial charge in [-0.25, -0.2) is 9.97 Å². The summed E-state index contributed by atoms with van der Waals surface area (Å²) >= 11 is 6.03. The van der Waals surface area contributed by atoms with Crippen molar-refractivity contribution in [1.82, 2.24) is 15.0 Å². The van der Waals surface area contributed by atoms with Gasteiger partial charge in [0.25, 0.3) is 0 Å². The molecule has 1 aliphatic carbocycles. The van der Waals surface area contributed by atoms with Gasteiger partial charge in [-0.3, -0.25) is 4.98 Å². The number of pyridine rings is 1. The summed E-state index contributed by atoms with van der Waals surface area (Å²) in [7, 11) is 0. The van der Waals surface area contributed by atoms with Crippen molar-refractivity contribution in [2.75, 3.05) is 5.32 Å². The number of anilines is 1. The van der Waals surface area contributed by atoms with E-state index in [0.29, 0.717) is 11.9 Å². The van der Waals surface area contributed by atoms with Gasteiger partial charge in [0, 0.05) is 40.8 Å². The Morgan fingerprint density at radius 3 is 2.48 bits per heavy atom. The summed E-state index contributed by atoms with van der Waals surface area (Å²) in [5, 5.41) is 4.35. The summed E-state index contributed by atoms with van der Waals surface area (Å²) in [6, 6.07) is 12.1. The maximum atomic E-state index is 6.03. The molecule has 2 heterocycles. The van der Waals surface area contributed by atoms with Gasteiger partial charge in [-0.2, -0.15) is 0 Å². The zero-order valence-electron chi connectivity index (χ0n) is 13.8. The third-order valence-corrected chi connectivity index (χ3v) is 4.81. The summed E-state index contributed by atoms with van der Waals surface area (Å²) in [5.41, 5.74) is 2.97. The highest BCUT2D eigenvalue weighted by Gasteiger charge is 2.18. The van der Waals surface area contributed by atoms with Gasteiger partial charge in [0.15, 0.2) is 5.82 Å². The molecule has 0 atom stereocenters. The monoisotopic (exact) mass is 350 g/mol. The number of nitrogens with one attached hydrogen (secondary N) is 1. The number of hydrogen-bond donors (Lipinski definition) is 1. The zero-order chi connectivity index (χ0) is 17.1. The van der Waals surface area contributed by atoms with Gasteiger partial charge in [-0.1, -0.05) is 36.6 Å². The number of hydrogen-bond acceptors (Lipinski definition) is 4. The van der Waals surface area contributed by atoms with Crippen LogP contribution in [0.5, 0.6) is 0 Å². The topological polar surface area (TPSA) is 50.7 Å². The molecular formula is C20H19ClN4. The highest BCUT2D eigenvalue weighted by atomic mass is 35.5. The number of rotatable bonds is 4. The molecule has 1 saturated carbocycles. The summed E-state index contributed by atoms with van der Waals surface area (Å²) in [6.07, 6.45) is 10.3. The zero-order valence-corrected chi connectivity index (χ0v) is 14.6. The number of halogens is 1. The van der Waals surface area contributed by atoms with Gasteiger partial charge in [-0.05, 0) is 42.7 Å². The van der Waals surface area contributed by atoms with E-state index < -0.39 is 0 Å². The highest BCUT2D eigenvalue weighted by molar-refractivity contribution is 6.30. The second-order valence-electron chi connectivity index (χ2n) is 6.33. The fraction of sp³-hybridized carbons (Fsp3) is 0.250. The second kappa shape index (κ2) is 7.19. The minimum absolute atomic E-state index is 0.475. The van der Waals surface area contributed by atoms with Crippen LogP contribution in [-0.4, -0.2) is 21.0 Å². The summed E-state index contributed by atoms with van der Waals surface area (Å²) in [5.74, 6) is 1.56. The van der Waals surface area contributed by atoms with Crippen LogP contribution >= 0.6 is 11.6 Å². The largest absolute Gasteiger partial charge is 0.367 e. The molecule has 5 heteroatoms. The normalized spacial score (nSPS) is 14.6. The molecule has 1 N–H and O–H groups in total. The van der Waals surface area contributed by atoms with Crippen LogP contribution in [0.25, 0.3) is 22.5 Å². The van der Waals surface area contributed by atoms with E-state index in [0.717, 1.165) is 27.5 Å². The van der Waals surface area contributed by atoms with E-state index in [9.17, 15) is 0 Å². The lowest BCUT2D eigenvalue weighted by Gasteiger charge is -2.17. The van der Waals surface area contributed by atoms with Crippen molar-refractivity contribution in [2.45, 2.75) is 31.7 Å². The molecule has 1 aliphatic rings. The van der Waals surface area contributed by atoms with E-state index in [1.807, 2.05) is 42.6 Å². The first-order valence-electron chi connectivity index (χ1n) is 8.59. The molecule has 3 aromatic rings. The van der Waals surface area contributed by atoms with Crippen molar-refractivity contribution in [3.63, 3.8) is 0 Å². The lowest BCUT2D eigenvalue weighted by Crippen LogP contribution is -2.16. The first-order chi connectivity index (χ1) is 12.3. The van der Waals surface area contributed by atoms with Crippen molar-refractivity contribution in [3.05, 3.63) is 60.0 Å². The molecular weight excluding hydrogens is 332 g/mol. The van der Waals surface area contributed by atoms with Crippen LogP contribution in [0.15, 0.2) is 55.0 Å². The highest BCUT2D eigenvalue weighted by Crippen LogP contribution is 2.31. The smallest absolute Gasteiger partial charge is 0.163 e. The standard InChI is InChI=1S/C20H19ClN4/c21-16-9-7-14(8-10-16)18-13-23-19(15-4-3-11-22-12-15)25-20(18)24-17-5-1-2-6-17/h3-4,7-13,17H,1-2,5-6H2,(H,23,24,25). The summed E-state index contributed by atoms with van der Waals surface area (Å²) in [4.78, 5) is 13.5. The molecule has 0 unspecified atom stereocenters. The predicted octanol–water partition coefficient (Wildman–Crippen LogP) is 5.21. The predicted molar refractivity (Wildman–Crippen MR) is 102 cm³/mol. The van der Waals surface area contributed by atoms with Gasteiger partial charge >= 0.3 is 0 Å². The van der Waals surface area contributed by atoms with Crippen LogP contribution in [0, 0.1) is 0 Å². The van der Waals surface area contributed by atoms with E-state index in [4.69, 9.17) is 16.6 Å². The van der Waals surface area contributed by atoms with E-state index >= 15 is 0 Å². The van der Waals surface area contributed by atoms with Crippen LogP contribution in [0.3, 0.4) is 0 Å². The lowest BCUT2D eigenvalue weighted by molar-refractivity contribution is 0.750. The van der Waals surface area contributed by atoms with E-state index in [1.165, 1.54) is 25.7 Å². The Bertz CT molecular complexity index is 843. The molecule has 25 heavy (non-hydrogen) atoms. The minimum Gasteiger partial charge on any atom is -0.367 e. The lowest BCUT2D eigenvalue weighted by atomic mass is 10.1. The van der Waals surface area contributed by atoms with Crippen LogP contribution in [0.4, 0.5) is 5.82 Å². The Morgan fingerprint density at radius 1 is 0.960 bits per heavy atom. The molecule has 0 aliphatic heterocycles. The molecule has 126 valence electrons. The van der Waals surface area contributed by atoms with Gasteiger partial charge < -0.3 is 5.32 Å². The Hall–Kier alpha value is -2.46. The van der Waals surface area contributed by atoms with E-state index in [-0.39, 0.29) is 0 Å². The van der Waals surface area contributed by atoms with Crippen molar-refractivity contribution >= 4 is 17.4 Å². The third-order valence-electron chi connectivity index (χ3n) is 4.56. The Kier molecular flexibility index (Phi) is 4.61. The van der Waals surface area contributed by atoms with Gasteiger partial charge in [0.2, 0.25) is 0 Å². The summed E-state index contributed by atoms with van der Waals surface area (Å²) < 4.78 is 0. The first-order valence-corrected chi connectivity index (χ1v) is 8.97. The van der Waals surface area contributed by atoms with Crippen molar-refractivity contribution in [2.24, 2.45) is 0 Å². The quantitative estimate of drug-likeness (QED) is 0.701.